The van der Waals surface area contributed by atoms with E-state index in [1.807, 2.05) is 71.0 Å². The number of nitrogens with zero attached hydrogens (tertiary/aromatic N) is 4. The van der Waals surface area contributed by atoms with Gasteiger partial charge in [0.1, 0.15) is 0 Å². The number of aromatic nitrogens is 2. The predicted molar refractivity (Wildman–Crippen MR) is 189 cm³/mol. The highest BCUT2D eigenvalue weighted by Gasteiger charge is 2.37. The van der Waals surface area contributed by atoms with Gasteiger partial charge in [0, 0.05) is 44.5 Å². The van der Waals surface area contributed by atoms with E-state index in [-0.39, 0.29) is 30.8 Å². The first kappa shape index (κ1) is 37.3. The first-order chi connectivity index (χ1) is 23.9. The molecule has 3 atom stereocenters. The zero-order valence-electron chi connectivity index (χ0n) is 29.2. The van der Waals surface area contributed by atoms with Gasteiger partial charge in [-0.1, -0.05) is 74.9 Å². The zero-order valence-corrected chi connectivity index (χ0v) is 29.2. The minimum absolute atomic E-state index is 0.0558. The number of ether oxygens (including phenoxy) is 1. The Morgan fingerprint density at radius 3 is 2.42 bits per heavy atom. The topological polar surface area (TPSA) is 158 Å². The molecule has 3 N–H and O–H groups in total. The van der Waals surface area contributed by atoms with E-state index < -0.39 is 23.4 Å². The highest BCUT2D eigenvalue weighted by atomic mass is 16.5. The smallest absolute Gasteiger partial charge is 0.352 e. The molecule has 4 rings (SSSR count). The molecule has 12 heteroatoms. The van der Waals surface area contributed by atoms with Gasteiger partial charge in [0.25, 0.3) is 0 Å². The number of carbonyl (C=O) groups is 4. The van der Waals surface area contributed by atoms with E-state index in [0.717, 1.165) is 34.0 Å². The molecule has 0 saturated carbocycles. The summed E-state index contributed by atoms with van der Waals surface area (Å²) in [7, 11) is 1.18. The number of fused-ring (bicyclic) bond motifs is 1. The van der Waals surface area contributed by atoms with Crippen molar-refractivity contribution in [2.75, 3.05) is 20.2 Å². The molecule has 1 aromatic heterocycles. The van der Waals surface area contributed by atoms with E-state index >= 15 is 0 Å². The number of nitriles is 1. The van der Waals surface area contributed by atoms with Crippen molar-refractivity contribution >= 4 is 34.5 Å². The van der Waals surface area contributed by atoms with Gasteiger partial charge < -0.3 is 25.3 Å². The maximum Gasteiger partial charge on any atom is 0.352 e. The molecule has 50 heavy (non-hydrogen) atoms. The number of amides is 3. The first-order valence-electron chi connectivity index (χ1n) is 16.6. The van der Waals surface area contributed by atoms with Crippen LogP contribution < -0.4 is 16.0 Å². The molecule has 0 aliphatic rings. The lowest BCUT2D eigenvalue weighted by Gasteiger charge is -2.33. The van der Waals surface area contributed by atoms with Gasteiger partial charge in [0.15, 0.2) is 0 Å². The molecule has 3 aromatic carbocycles. The van der Waals surface area contributed by atoms with Crippen molar-refractivity contribution in [1.29, 1.82) is 5.26 Å². The van der Waals surface area contributed by atoms with Crippen LogP contribution in [0.25, 0.3) is 10.8 Å². The van der Waals surface area contributed by atoms with E-state index in [0.29, 0.717) is 25.2 Å². The first-order valence-corrected chi connectivity index (χ1v) is 16.6. The summed E-state index contributed by atoms with van der Waals surface area (Å²) < 4.78 is 6.77. The minimum atomic E-state index is -1.77. The normalized spacial score (nSPS) is 13.5. The van der Waals surface area contributed by atoms with Crippen molar-refractivity contribution in [3.8, 4) is 6.07 Å². The summed E-state index contributed by atoms with van der Waals surface area (Å²) in [4.78, 5) is 57.9. The summed E-state index contributed by atoms with van der Waals surface area (Å²) in [5, 5.41) is 19.6. The lowest BCUT2D eigenvalue weighted by atomic mass is 9.97. The van der Waals surface area contributed by atoms with Gasteiger partial charge in [-0.05, 0) is 46.9 Å². The largest absolute Gasteiger partial charge is 0.466 e. The van der Waals surface area contributed by atoms with Gasteiger partial charge in [0.2, 0.25) is 23.4 Å². The third-order valence-corrected chi connectivity index (χ3v) is 8.76. The number of benzene rings is 3. The number of imidazole rings is 1. The second-order valence-corrected chi connectivity index (χ2v) is 12.7. The Hall–Kier alpha value is -5.54. The van der Waals surface area contributed by atoms with Crippen molar-refractivity contribution in [2.24, 2.45) is 5.92 Å². The molecular weight excluding hydrogens is 634 g/mol. The number of rotatable bonds is 16. The van der Waals surface area contributed by atoms with E-state index in [1.54, 1.807) is 24.7 Å². The molecule has 0 unspecified atom stereocenters. The van der Waals surface area contributed by atoms with Crippen molar-refractivity contribution in [3.05, 3.63) is 102 Å². The standard InChI is InChI=1S/C38H45N7O5/c1-6-26(2)34(41-35(47)18-32-20-40-25-45(32)21-29-16-14-28(19-39)15-17-29)23-44(22-31-12-9-11-30-10-7-8-13-33(30)31)24-36(48)43-38(4,37(49)50-5)42-27(3)46/h7-17,20,25-26,34H,6,18,21-24H2,1-5H3,(H,41,47)(H,42,46)(H,43,48)/t26-,34+,38-/m0/s1. The highest BCUT2D eigenvalue weighted by molar-refractivity contribution is 5.92. The fourth-order valence-corrected chi connectivity index (χ4v) is 5.94. The molecule has 3 amide bonds. The van der Waals surface area contributed by atoms with Crippen LogP contribution in [0.1, 0.15) is 56.5 Å². The highest BCUT2D eigenvalue weighted by Crippen LogP contribution is 2.21. The molecule has 4 aromatic rings. The van der Waals surface area contributed by atoms with Crippen molar-refractivity contribution in [1.82, 2.24) is 30.4 Å². The van der Waals surface area contributed by atoms with E-state index in [2.05, 4.69) is 33.9 Å². The van der Waals surface area contributed by atoms with Crippen LogP contribution in [0.2, 0.25) is 0 Å². The second-order valence-electron chi connectivity index (χ2n) is 12.7. The number of hydrogen-bond acceptors (Lipinski definition) is 8. The zero-order chi connectivity index (χ0) is 36.3. The van der Waals surface area contributed by atoms with Crippen molar-refractivity contribution < 1.29 is 23.9 Å². The molecule has 0 aliphatic carbocycles. The van der Waals surface area contributed by atoms with Gasteiger partial charge >= 0.3 is 5.97 Å². The molecule has 1 heterocycles. The van der Waals surface area contributed by atoms with Crippen LogP contribution in [0.3, 0.4) is 0 Å². The van der Waals surface area contributed by atoms with Crippen LogP contribution in [0, 0.1) is 17.2 Å². The average molecular weight is 680 g/mol. The average Bonchev–Trinajstić information content (AvgIpc) is 3.52. The number of methoxy groups -OCH3 is 1. The Balaban J connectivity index is 1.55. The maximum absolute atomic E-state index is 13.6. The summed E-state index contributed by atoms with van der Waals surface area (Å²) in [6.45, 7) is 7.81. The van der Waals surface area contributed by atoms with Gasteiger partial charge in [-0.15, -0.1) is 0 Å². The van der Waals surface area contributed by atoms with Crippen LogP contribution in [0.5, 0.6) is 0 Å². The van der Waals surface area contributed by atoms with Crippen LogP contribution in [0.15, 0.2) is 79.3 Å². The molecule has 262 valence electrons. The van der Waals surface area contributed by atoms with Crippen LogP contribution in [-0.4, -0.2) is 70.0 Å². The van der Waals surface area contributed by atoms with Crippen LogP contribution in [0.4, 0.5) is 0 Å². The van der Waals surface area contributed by atoms with Gasteiger partial charge in [-0.3, -0.25) is 19.3 Å². The Kier molecular flexibility index (Phi) is 12.8. The Bertz CT molecular complexity index is 1840. The summed E-state index contributed by atoms with van der Waals surface area (Å²) in [6, 6.07) is 23.1. The summed E-state index contributed by atoms with van der Waals surface area (Å²) in [5.41, 5.74) is 1.52. The Morgan fingerprint density at radius 1 is 1.02 bits per heavy atom. The predicted octanol–water partition coefficient (Wildman–Crippen LogP) is 3.67. The minimum Gasteiger partial charge on any atom is -0.466 e. The number of esters is 1. The number of nitrogens with one attached hydrogen (secondary N) is 3. The van der Waals surface area contributed by atoms with Crippen molar-refractivity contribution in [3.63, 3.8) is 0 Å². The maximum atomic E-state index is 13.6. The molecule has 12 nitrogen and oxygen atoms in total. The molecule has 0 spiro atoms. The van der Waals surface area contributed by atoms with Gasteiger partial charge in [-0.2, -0.15) is 5.26 Å². The number of carbonyl (C=O) groups excluding carboxylic acids is 4. The second kappa shape index (κ2) is 17.2. The third-order valence-electron chi connectivity index (χ3n) is 8.76. The van der Waals surface area contributed by atoms with E-state index in [1.165, 1.54) is 21.0 Å². The van der Waals surface area contributed by atoms with Gasteiger partial charge in [0.05, 0.1) is 38.0 Å². The lowest BCUT2D eigenvalue weighted by molar-refractivity contribution is -0.153. The third kappa shape index (κ3) is 9.99. The Morgan fingerprint density at radius 2 is 1.74 bits per heavy atom. The fourth-order valence-electron chi connectivity index (χ4n) is 5.94. The summed E-state index contributed by atoms with van der Waals surface area (Å²) in [6.07, 6.45) is 4.23. The van der Waals surface area contributed by atoms with Crippen LogP contribution in [-0.2, 0) is 43.4 Å². The van der Waals surface area contributed by atoms with Crippen LogP contribution >= 0.6 is 0 Å². The van der Waals surface area contributed by atoms with Crippen molar-refractivity contribution in [2.45, 2.75) is 65.3 Å². The molecular formula is C38H45N7O5. The Labute approximate surface area is 292 Å². The summed E-state index contributed by atoms with van der Waals surface area (Å²) >= 11 is 0. The van der Waals surface area contributed by atoms with Gasteiger partial charge in [-0.25, -0.2) is 9.78 Å². The number of hydrogen-bond donors (Lipinski definition) is 3. The molecule has 0 aliphatic heterocycles. The fraction of sp³-hybridized carbons (Fsp3) is 0.368. The SMILES string of the molecule is CC[C@H](C)[C@@H](CN(CC(=O)N[C@](C)(NC(C)=O)C(=O)OC)Cc1cccc2ccccc12)NC(=O)Cc1cncn1Cc1ccc(C#N)cc1. The molecule has 0 radical (unpaired) electrons. The summed E-state index contributed by atoms with van der Waals surface area (Å²) in [5.74, 6) is -1.96. The monoisotopic (exact) mass is 679 g/mol. The molecule has 0 bridgehead atoms. The lowest BCUT2D eigenvalue weighted by Crippen LogP contribution is -2.64. The molecule has 0 saturated heterocycles. The van der Waals surface area contributed by atoms with E-state index in [4.69, 9.17) is 10.00 Å². The molecule has 0 fully saturated rings. The quantitative estimate of drug-likeness (QED) is 0.120. The van der Waals surface area contributed by atoms with E-state index in [9.17, 15) is 19.2 Å².